The second-order valence-corrected chi connectivity index (χ2v) is 7.36. The van der Waals surface area contributed by atoms with E-state index >= 15 is 0 Å². The highest BCUT2D eigenvalue weighted by atomic mass is 16.6. The van der Waals surface area contributed by atoms with Crippen LogP contribution in [0.4, 0.5) is 4.79 Å². The van der Waals surface area contributed by atoms with E-state index in [1.165, 1.54) is 0 Å². The molecule has 1 N–H and O–H groups in total. The first-order valence-electron chi connectivity index (χ1n) is 9.00. The van der Waals surface area contributed by atoms with Crippen LogP contribution in [-0.4, -0.2) is 29.6 Å². The van der Waals surface area contributed by atoms with Crippen LogP contribution < -0.4 is 5.32 Å². The van der Waals surface area contributed by atoms with Crippen LogP contribution in [0, 0.1) is 0 Å². The smallest absolute Gasteiger partial charge is 0.408 e. The van der Waals surface area contributed by atoms with Gasteiger partial charge < -0.3 is 14.8 Å². The lowest BCUT2D eigenvalue weighted by Gasteiger charge is -2.27. The number of benzene rings is 2. The number of alkyl carbamates (subject to hydrolysis) is 1. The molecular weight excluding hydrogens is 342 g/mol. The number of nitrogens with one attached hydrogen (secondary N) is 1. The first-order chi connectivity index (χ1) is 12.8. The summed E-state index contributed by atoms with van der Waals surface area (Å²) in [6, 6.07) is 17.7. The number of amides is 1. The first-order valence-corrected chi connectivity index (χ1v) is 9.00. The minimum Gasteiger partial charge on any atom is -0.444 e. The fourth-order valence-corrected chi connectivity index (χ4v) is 2.51. The van der Waals surface area contributed by atoms with Crippen molar-refractivity contribution < 1.29 is 19.1 Å². The molecule has 2 aromatic rings. The Morgan fingerprint density at radius 2 is 1.52 bits per heavy atom. The number of ether oxygens (including phenoxy) is 2. The number of hydrogen-bond donors (Lipinski definition) is 1. The van der Waals surface area contributed by atoms with Crippen molar-refractivity contribution in [2.75, 3.05) is 0 Å². The third-order valence-electron chi connectivity index (χ3n) is 3.84. The highest BCUT2D eigenvalue weighted by Gasteiger charge is 2.30. The second kappa shape index (κ2) is 9.33. The summed E-state index contributed by atoms with van der Waals surface area (Å²) in [5.74, 6) is -0.220. The van der Waals surface area contributed by atoms with Crippen molar-refractivity contribution in [2.24, 2.45) is 0 Å². The molecule has 0 radical (unpaired) electrons. The quantitative estimate of drug-likeness (QED) is 0.736. The van der Waals surface area contributed by atoms with Gasteiger partial charge in [-0.15, -0.1) is 0 Å². The Morgan fingerprint density at radius 1 is 0.963 bits per heavy atom. The molecule has 5 heteroatoms. The maximum atomic E-state index is 12.9. The van der Waals surface area contributed by atoms with Crippen molar-refractivity contribution in [2.45, 2.75) is 52.0 Å². The maximum absolute atomic E-state index is 12.9. The minimum absolute atomic E-state index is 0.220. The van der Waals surface area contributed by atoms with Gasteiger partial charge in [0.25, 0.3) is 0 Å². The van der Waals surface area contributed by atoms with Crippen LogP contribution in [0.15, 0.2) is 60.7 Å². The summed E-state index contributed by atoms with van der Waals surface area (Å²) in [6.45, 7) is 7.43. The molecule has 0 bridgehead atoms. The molecule has 2 atom stereocenters. The molecule has 0 saturated carbocycles. The van der Waals surface area contributed by atoms with Crippen LogP contribution in [0.25, 0.3) is 0 Å². The summed E-state index contributed by atoms with van der Waals surface area (Å²) >= 11 is 0. The van der Waals surface area contributed by atoms with Gasteiger partial charge in [0.05, 0.1) is 12.7 Å². The fraction of sp³-hybridized carbons (Fsp3) is 0.364. The highest BCUT2D eigenvalue weighted by molar-refractivity contribution is 6.01. The lowest BCUT2D eigenvalue weighted by Crippen LogP contribution is -2.50. The van der Waals surface area contributed by atoms with E-state index in [1.807, 2.05) is 36.4 Å². The molecule has 0 aliphatic heterocycles. The average Bonchev–Trinajstić information content (AvgIpc) is 2.64. The van der Waals surface area contributed by atoms with E-state index < -0.39 is 23.8 Å². The molecule has 0 aliphatic rings. The third-order valence-corrected chi connectivity index (χ3v) is 3.84. The van der Waals surface area contributed by atoms with E-state index in [-0.39, 0.29) is 5.78 Å². The van der Waals surface area contributed by atoms with E-state index in [0.29, 0.717) is 12.2 Å². The molecule has 2 rings (SSSR count). The van der Waals surface area contributed by atoms with Crippen LogP contribution in [0.3, 0.4) is 0 Å². The van der Waals surface area contributed by atoms with Gasteiger partial charge >= 0.3 is 6.09 Å². The highest BCUT2D eigenvalue weighted by Crippen LogP contribution is 2.13. The molecule has 0 saturated heterocycles. The zero-order valence-corrected chi connectivity index (χ0v) is 16.3. The Morgan fingerprint density at radius 3 is 2.07 bits per heavy atom. The Kier molecular flexibility index (Phi) is 7.13. The fourth-order valence-electron chi connectivity index (χ4n) is 2.51. The predicted octanol–water partition coefficient (Wildman–Crippen LogP) is 4.37. The van der Waals surface area contributed by atoms with E-state index in [0.717, 1.165) is 5.56 Å². The van der Waals surface area contributed by atoms with Crippen molar-refractivity contribution in [3.8, 4) is 0 Å². The van der Waals surface area contributed by atoms with Crippen LogP contribution >= 0.6 is 0 Å². The van der Waals surface area contributed by atoms with E-state index in [9.17, 15) is 9.59 Å². The lowest BCUT2D eigenvalue weighted by molar-refractivity contribution is 0.0156. The maximum Gasteiger partial charge on any atom is 0.408 e. The minimum atomic E-state index is -0.856. The number of Topliss-reactive ketones (excluding diaryl/α,β-unsaturated/α-hetero) is 1. The number of carbonyl (C=O) groups excluding carboxylic acids is 2. The van der Waals surface area contributed by atoms with Gasteiger partial charge in [-0.1, -0.05) is 60.7 Å². The Labute approximate surface area is 160 Å². The van der Waals surface area contributed by atoms with E-state index in [2.05, 4.69) is 5.32 Å². The lowest BCUT2D eigenvalue weighted by atomic mass is 10.0. The van der Waals surface area contributed by atoms with Gasteiger partial charge in [-0.2, -0.15) is 0 Å². The standard InChI is InChI=1S/C22H27NO4/c1-16(26-15-17-11-7-5-8-12-17)19(23-21(25)27-22(2,3)4)20(24)18-13-9-6-10-14-18/h5-14,16,19H,15H2,1-4H3,(H,23,25)/t16-,19+/m1/s1. The molecule has 27 heavy (non-hydrogen) atoms. The van der Waals surface area contributed by atoms with Gasteiger partial charge in [-0.3, -0.25) is 4.79 Å². The van der Waals surface area contributed by atoms with Crippen LogP contribution in [-0.2, 0) is 16.1 Å². The largest absolute Gasteiger partial charge is 0.444 e. The van der Waals surface area contributed by atoms with Crippen LogP contribution in [0.5, 0.6) is 0 Å². The third kappa shape index (κ3) is 6.87. The van der Waals surface area contributed by atoms with Crippen LogP contribution in [0.1, 0.15) is 43.6 Å². The molecule has 0 aliphatic carbocycles. The summed E-state index contributed by atoms with van der Waals surface area (Å²) in [5.41, 5.74) is 0.847. The second-order valence-electron chi connectivity index (χ2n) is 7.36. The van der Waals surface area contributed by atoms with Crippen molar-refractivity contribution in [1.29, 1.82) is 0 Å². The molecule has 0 aromatic heterocycles. The van der Waals surface area contributed by atoms with E-state index in [1.54, 1.807) is 52.0 Å². The molecule has 0 fully saturated rings. The number of rotatable bonds is 7. The van der Waals surface area contributed by atoms with Crippen molar-refractivity contribution >= 4 is 11.9 Å². The van der Waals surface area contributed by atoms with Gasteiger partial charge in [0, 0.05) is 5.56 Å². The molecular formula is C22H27NO4. The molecule has 5 nitrogen and oxygen atoms in total. The summed E-state index contributed by atoms with van der Waals surface area (Å²) in [6.07, 6.45) is -1.18. The first kappa shape index (κ1) is 20.6. The van der Waals surface area contributed by atoms with E-state index in [4.69, 9.17) is 9.47 Å². The monoisotopic (exact) mass is 369 g/mol. The van der Waals surface area contributed by atoms with Crippen molar-refractivity contribution in [3.05, 3.63) is 71.8 Å². The molecule has 144 valence electrons. The molecule has 0 heterocycles. The number of carbonyl (C=O) groups is 2. The van der Waals surface area contributed by atoms with Gasteiger partial charge in [0.2, 0.25) is 0 Å². The normalized spacial score (nSPS) is 13.5. The van der Waals surface area contributed by atoms with Gasteiger partial charge in [-0.05, 0) is 33.3 Å². The summed E-state index contributed by atoms with van der Waals surface area (Å²) in [7, 11) is 0. The molecule has 0 spiro atoms. The van der Waals surface area contributed by atoms with Gasteiger partial charge in [0.15, 0.2) is 5.78 Å². The topological polar surface area (TPSA) is 64.6 Å². The summed E-state index contributed by atoms with van der Waals surface area (Å²) < 4.78 is 11.2. The summed E-state index contributed by atoms with van der Waals surface area (Å²) in [4.78, 5) is 25.2. The predicted molar refractivity (Wildman–Crippen MR) is 105 cm³/mol. The molecule has 0 unspecified atom stereocenters. The van der Waals surface area contributed by atoms with Crippen molar-refractivity contribution in [3.63, 3.8) is 0 Å². The number of hydrogen-bond acceptors (Lipinski definition) is 4. The van der Waals surface area contributed by atoms with Crippen LogP contribution in [0.2, 0.25) is 0 Å². The average molecular weight is 369 g/mol. The zero-order chi connectivity index (χ0) is 19.9. The Bertz CT molecular complexity index is 738. The zero-order valence-electron chi connectivity index (χ0n) is 16.3. The summed E-state index contributed by atoms with van der Waals surface area (Å²) in [5, 5.41) is 2.67. The van der Waals surface area contributed by atoms with Gasteiger partial charge in [0.1, 0.15) is 11.6 Å². The Balaban J connectivity index is 2.12. The van der Waals surface area contributed by atoms with Crippen molar-refractivity contribution in [1.82, 2.24) is 5.32 Å². The molecule has 1 amide bonds. The SMILES string of the molecule is C[C@@H](OCc1ccccc1)[C@H](NC(=O)OC(C)(C)C)C(=O)c1ccccc1. The van der Waals surface area contributed by atoms with Gasteiger partial charge in [-0.25, -0.2) is 4.79 Å². The Hall–Kier alpha value is -2.66. The molecule has 2 aromatic carbocycles. The number of ketones is 1.